The number of carbonyl (C=O) groups is 2. The highest BCUT2D eigenvalue weighted by atomic mass is 32.2. The van der Waals surface area contributed by atoms with Gasteiger partial charge in [0.05, 0.1) is 44.6 Å². The number of hydrogen-bond acceptors (Lipinski definition) is 28. The largest absolute Gasteiger partial charge is 0.748 e. The van der Waals surface area contributed by atoms with Gasteiger partial charge in [-0.3, -0.25) is 36.9 Å². The minimum absolute atomic E-state index is 0.0277. The molecule has 0 spiro atoms. The number of amides is 1. The van der Waals surface area contributed by atoms with E-state index in [0.29, 0.717) is 122 Å². The van der Waals surface area contributed by atoms with Crippen LogP contribution in [0.15, 0.2) is 122 Å². The van der Waals surface area contributed by atoms with Gasteiger partial charge in [0.2, 0.25) is 11.6 Å². The molecular formula is C64H86N7O30P3S5. The van der Waals surface area contributed by atoms with Crippen molar-refractivity contribution < 1.29 is 135 Å². The van der Waals surface area contributed by atoms with Gasteiger partial charge in [-0.1, -0.05) is 63.5 Å². The molecular weight excluding hydrogens is 1600 g/mol. The van der Waals surface area contributed by atoms with E-state index in [1.807, 2.05) is 37.2 Å². The average molecular weight is 1690 g/mol. The Hall–Kier alpha value is -6.54. The Labute approximate surface area is 630 Å². The Kier molecular flexibility index (Phi) is 30.4. The summed E-state index contributed by atoms with van der Waals surface area (Å²) in [6.07, 6.45) is 10.2. The van der Waals surface area contributed by atoms with Crippen molar-refractivity contribution in [1.82, 2.24) is 14.9 Å². The van der Waals surface area contributed by atoms with Crippen LogP contribution in [0.2, 0.25) is 0 Å². The predicted molar refractivity (Wildman–Crippen MR) is 393 cm³/mol. The molecule has 3 aliphatic heterocycles. The number of nitrogens with one attached hydrogen (secondary N) is 1. The molecule has 5 aromatic rings. The molecule has 0 radical (unpaired) electrons. The number of hydrogen-bond donors (Lipinski definition) is 10. The highest BCUT2D eigenvalue weighted by Gasteiger charge is 2.48. The predicted octanol–water partition coefficient (Wildman–Crippen LogP) is 6.63. The lowest BCUT2D eigenvalue weighted by Gasteiger charge is -2.27. The molecule has 5 unspecified atom stereocenters. The van der Waals surface area contributed by atoms with Crippen LogP contribution >= 0.6 is 23.5 Å². The lowest BCUT2D eigenvalue weighted by Crippen LogP contribution is -2.33. The number of phosphoric ester groups is 2. The Bertz CT molecular complexity index is 5210. The van der Waals surface area contributed by atoms with Crippen LogP contribution < -0.4 is 27.4 Å². The number of anilines is 2. The number of allylic oxidation sites excluding steroid dienone is 6. The summed E-state index contributed by atoms with van der Waals surface area (Å²) in [6, 6.07) is 13.9. The molecule has 1 amide bonds. The molecule has 37 nitrogen and oxygen atoms in total. The lowest BCUT2D eigenvalue weighted by molar-refractivity contribution is -0.438. The Balaban J connectivity index is 0.00000403. The van der Waals surface area contributed by atoms with Crippen LogP contribution in [0, 0.1) is 5.92 Å². The second-order valence-electron chi connectivity index (χ2n) is 26.7. The molecule has 45 heteroatoms. The first-order valence-electron chi connectivity index (χ1n) is 33.7. The minimum Gasteiger partial charge on any atom is -0.748 e. The zero-order valence-electron chi connectivity index (χ0n) is 59.2. The van der Waals surface area contributed by atoms with Crippen molar-refractivity contribution in [2.45, 2.75) is 162 Å². The van der Waals surface area contributed by atoms with Crippen LogP contribution in [0.25, 0.3) is 21.5 Å². The van der Waals surface area contributed by atoms with Gasteiger partial charge >= 0.3 is 39.8 Å². The quantitative estimate of drug-likeness (QED) is 0.00648. The number of aliphatic hydroxyl groups is 1. The maximum Gasteiger partial charge on any atom is 0.490 e. The first kappa shape index (κ1) is 89.7. The second kappa shape index (κ2) is 37.0. The summed E-state index contributed by atoms with van der Waals surface area (Å²) in [4.78, 5) is 73.1. The van der Waals surface area contributed by atoms with E-state index < -0.39 is 144 Å². The van der Waals surface area contributed by atoms with E-state index in [4.69, 9.17) is 33.4 Å². The molecule has 602 valence electrons. The smallest absolute Gasteiger partial charge is 0.490 e. The van der Waals surface area contributed by atoms with Gasteiger partial charge in [0.15, 0.2) is 5.71 Å². The Morgan fingerprint density at radius 2 is 1.40 bits per heavy atom. The molecule has 12 N–H and O–H groups in total. The monoisotopic (exact) mass is 1690 g/mol. The third-order valence-corrected chi connectivity index (χ3v) is 25.7. The molecule has 109 heavy (non-hydrogen) atoms. The summed E-state index contributed by atoms with van der Waals surface area (Å²) in [6.45, 7) is 6.95. The highest BCUT2D eigenvalue weighted by Crippen LogP contribution is 2.68. The molecule has 0 saturated carbocycles. The normalized spacial score (nSPS) is 19.6. The SMILES string of the molecule is CC1(C)C(=CC=CC=CC2=[N+](CCCCCC(=O)CC(CCCCN)C(=O)NCCCCCCOP(=O)(O)OP(=O)(O)OP(=O)(O)OC[C@H]3O[C@@H](n4ccc(N)nc4=O)CC3O)c3ccc4c(S(=O)(=O)O)cc(S(=O)(=O)O)cc4c3C2(C)C)N(CCCS(=O)(=O)[O-])c2ccc3ccc(S(=O)(=O)O)cc3c21.O=S(=O)=O. The Morgan fingerprint density at radius 1 is 0.761 bits per heavy atom. The van der Waals surface area contributed by atoms with E-state index >= 15 is 0 Å². The summed E-state index contributed by atoms with van der Waals surface area (Å²) in [5.74, 6) is -1.94. The van der Waals surface area contributed by atoms with E-state index in [2.05, 4.69) is 23.4 Å². The number of benzene rings is 4. The maximum atomic E-state index is 13.6. The van der Waals surface area contributed by atoms with E-state index in [9.17, 15) is 99.7 Å². The first-order valence-corrected chi connectivity index (χ1v) is 45.1. The lowest BCUT2D eigenvalue weighted by atomic mass is 9.79. The van der Waals surface area contributed by atoms with Crippen molar-refractivity contribution in [3.05, 3.63) is 125 Å². The van der Waals surface area contributed by atoms with Crippen LogP contribution in [-0.4, -0.2) is 173 Å². The Morgan fingerprint density at radius 3 is 2.05 bits per heavy atom. The average Bonchev–Trinajstić information content (AvgIpc) is 1.58. The van der Waals surface area contributed by atoms with Crippen molar-refractivity contribution in [2.75, 3.05) is 55.8 Å². The molecule has 7 atom stereocenters. The molecule has 0 aliphatic carbocycles. The summed E-state index contributed by atoms with van der Waals surface area (Å²) < 4.78 is 230. The first-order chi connectivity index (χ1) is 50.6. The number of nitrogens with two attached hydrogens (primary N) is 2. The fraction of sp³-hybridized carbons (Fsp3) is 0.484. The molecule has 1 saturated heterocycles. The zero-order valence-corrected chi connectivity index (χ0v) is 66.0. The standard InChI is InChI=1S/C64H86N7O27P3S4.O3S/c1-63(2)55(70(32-17-35-102(82,83)84)50-26-23-42-22-24-45(103(85,86)87)37-48(42)59(50)63)20-10-7-11-21-56-64(3,4)60-49-38-46(104(88,89)90)39-54(105(91,92)93)47(49)25-27-51(60)69(56)31-15-8-9-19-44(72)36-43(18-12-13-29-65)61(74)67-30-14-5-6-16-34-94-99(76,77)97-101(80,81)98-100(78,79)95-41-53-52(73)40-58(96-53)71-33-28-57(66)68-62(71)75;1-4(2)3/h7,10-11,20-28,33,37-39,43,52-53,58,73H,5-6,8-9,12-19,29-32,34-36,40-41,65H2,1-4H3,(H9-,66,67,68,74,75,76,77,78,79,80,81,82,83,84,85,86,87,88,89,90,91,92,93);/t43?,52?,53-,58-;/m1./s1. The zero-order chi connectivity index (χ0) is 81.0. The van der Waals surface area contributed by atoms with Gasteiger partial charge < -0.3 is 50.8 Å². The topological polar surface area (TPSA) is 589 Å². The summed E-state index contributed by atoms with van der Waals surface area (Å²) in [7, 11) is -39.2. The molecule has 4 heterocycles. The fourth-order valence-corrected chi connectivity index (χ4v) is 19.1. The van der Waals surface area contributed by atoms with E-state index in [0.717, 1.165) is 10.6 Å². The van der Waals surface area contributed by atoms with Gasteiger partial charge in [-0.15, -0.1) is 12.6 Å². The molecule has 1 aromatic heterocycles. The number of Topliss-reactive ketones (excluding diaryl/α,β-unsaturated/α-hetero) is 1. The number of aliphatic hydroxyl groups excluding tert-OH is 1. The summed E-state index contributed by atoms with van der Waals surface area (Å²) in [5, 5.41) is 14.5. The van der Waals surface area contributed by atoms with Gasteiger partial charge in [0.1, 0.15) is 35.4 Å². The maximum absolute atomic E-state index is 13.6. The van der Waals surface area contributed by atoms with E-state index in [1.165, 1.54) is 30.5 Å². The van der Waals surface area contributed by atoms with E-state index in [1.54, 1.807) is 54.6 Å². The number of aromatic nitrogens is 2. The van der Waals surface area contributed by atoms with Gasteiger partial charge in [0.25, 0.3) is 30.4 Å². The molecule has 1 fully saturated rings. The molecule has 3 aliphatic rings. The number of ether oxygens (including phenoxy) is 1. The van der Waals surface area contributed by atoms with Crippen LogP contribution in [0.3, 0.4) is 0 Å². The van der Waals surface area contributed by atoms with Crippen LogP contribution in [0.5, 0.6) is 0 Å². The van der Waals surface area contributed by atoms with Crippen molar-refractivity contribution in [2.24, 2.45) is 11.7 Å². The third kappa shape index (κ3) is 24.7. The van der Waals surface area contributed by atoms with Gasteiger partial charge in [-0.05, 0) is 136 Å². The van der Waals surface area contributed by atoms with Crippen LogP contribution in [0.4, 0.5) is 17.2 Å². The van der Waals surface area contributed by atoms with Crippen LogP contribution in [0.1, 0.15) is 135 Å². The van der Waals surface area contributed by atoms with Gasteiger partial charge in [0, 0.05) is 96.5 Å². The van der Waals surface area contributed by atoms with E-state index in [-0.39, 0.29) is 78.4 Å². The molecule has 4 aromatic carbocycles. The molecule has 8 rings (SSSR count). The van der Waals surface area contributed by atoms with Crippen molar-refractivity contribution >= 4 is 131 Å². The van der Waals surface area contributed by atoms with Crippen molar-refractivity contribution in [1.29, 1.82) is 0 Å². The third-order valence-electron chi connectivity index (χ3n) is 18.1. The second-order valence-corrected chi connectivity index (χ2v) is 37.5. The van der Waals surface area contributed by atoms with Gasteiger partial charge in [-0.2, -0.15) is 43.4 Å². The number of nitrogens with zero attached hydrogens (tertiary/aromatic N) is 4. The highest BCUT2D eigenvalue weighted by molar-refractivity contribution is 7.87. The number of rotatable bonds is 39. The number of ketones is 1. The van der Waals surface area contributed by atoms with Crippen molar-refractivity contribution in [3.63, 3.8) is 0 Å². The number of nitrogen functional groups attached to an aromatic ring is 1. The molecule has 0 bridgehead atoms. The van der Waals surface area contributed by atoms with Crippen LogP contribution in [-0.2, 0) is 108 Å². The van der Waals surface area contributed by atoms with Gasteiger partial charge in [-0.25, -0.2) is 26.9 Å². The fourth-order valence-electron chi connectivity index (χ4n) is 13.3. The number of phosphoric acid groups is 3. The number of fused-ring (bicyclic) bond motifs is 6. The number of unbranched alkanes of at least 4 members (excludes halogenated alkanes) is 6. The summed E-state index contributed by atoms with van der Waals surface area (Å²) in [5.41, 5.74) is 12.1. The van der Waals surface area contributed by atoms with Crippen molar-refractivity contribution in [3.8, 4) is 0 Å². The minimum atomic E-state index is -5.84. The number of carbonyl (C=O) groups excluding carboxylic acids is 2. The summed E-state index contributed by atoms with van der Waals surface area (Å²) >= 11 is 0.